The number of halogens is 1. The molecule has 0 amide bonds. The van der Waals surface area contributed by atoms with Gasteiger partial charge in [0.25, 0.3) is 0 Å². The average Bonchev–Trinajstić information content (AvgIpc) is 2.48. The number of hydrogen-bond donors (Lipinski definition) is 1. The van der Waals surface area contributed by atoms with E-state index >= 15 is 0 Å². The number of aliphatic imine (C=N–C) groups is 1. The third kappa shape index (κ3) is 4.24. The summed E-state index contributed by atoms with van der Waals surface area (Å²) in [5.41, 5.74) is 7.74. The Morgan fingerprint density at radius 1 is 1.10 bits per heavy atom. The third-order valence-corrected chi connectivity index (χ3v) is 3.18. The summed E-state index contributed by atoms with van der Waals surface area (Å²) in [6.07, 6.45) is 3.70. The van der Waals surface area contributed by atoms with Gasteiger partial charge in [-0.25, -0.2) is 4.99 Å². The van der Waals surface area contributed by atoms with Crippen LogP contribution < -0.4 is 10.5 Å². The zero-order chi connectivity index (χ0) is 14.4. The van der Waals surface area contributed by atoms with E-state index in [4.69, 9.17) is 10.5 Å². The fraction of sp³-hybridized carbons (Fsp3) is 0.0625. The Hall–Kier alpha value is -2.07. The van der Waals surface area contributed by atoms with Crippen molar-refractivity contribution in [2.45, 2.75) is 0 Å². The van der Waals surface area contributed by atoms with Crippen molar-refractivity contribution in [3.63, 3.8) is 0 Å². The number of hydrogen-bond acceptors (Lipinski definition) is 2. The van der Waals surface area contributed by atoms with Crippen LogP contribution in [-0.4, -0.2) is 12.9 Å². The van der Waals surface area contributed by atoms with Gasteiger partial charge in [0.05, 0.1) is 12.8 Å². The molecule has 0 aromatic heterocycles. The first-order valence-corrected chi connectivity index (χ1v) is 6.88. The molecule has 2 aromatic carbocycles. The lowest BCUT2D eigenvalue weighted by molar-refractivity contribution is 0.415. The summed E-state index contributed by atoms with van der Waals surface area (Å²) in [5, 5.41) is 0. The molecule has 102 valence electrons. The Morgan fingerprint density at radius 3 is 2.35 bits per heavy atom. The summed E-state index contributed by atoms with van der Waals surface area (Å²) < 4.78 is 6.12. The highest BCUT2D eigenvalue weighted by Crippen LogP contribution is 2.17. The zero-order valence-electron chi connectivity index (χ0n) is 11.1. The van der Waals surface area contributed by atoms with E-state index in [1.54, 1.807) is 13.2 Å². The first kappa shape index (κ1) is 14.3. The minimum absolute atomic E-state index is 0.461. The van der Waals surface area contributed by atoms with Gasteiger partial charge in [0.1, 0.15) is 11.6 Å². The highest BCUT2D eigenvalue weighted by atomic mass is 79.9. The Labute approximate surface area is 126 Å². The molecule has 2 rings (SSSR count). The van der Waals surface area contributed by atoms with Crippen molar-refractivity contribution >= 4 is 33.5 Å². The monoisotopic (exact) mass is 330 g/mol. The van der Waals surface area contributed by atoms with Gasteiger partial charge in [-0.05, 0) is 48.0 Å². The van der Waals surface area contributed by atoms with Gasteiger partial charge < -0.3 is 10.5 Å². The second kappa shape index (κ2) is 6.91. The number of nitrogens with two attached hydrogens (primary N) is 1. The van der Waals surface area contributed by atoms with Crippen molar-refractivity contribution in [1.82, 2.24) is 0 Å². The standard InChI is InChI=1S/C16H15BrN2O/c1-20-15-9-2-12(3-10-15)4-11-16(18)19-14-7-5-13(17)6-8-14/h2-11H,1H3,(H2,18,19). The van der Waals surface area contributed by atoms with Gasteiger partial charge in [-0.1, -0.05) is 34.1 Å². The number of methoxy groups -OCH3 is 1. The lowest BCUT2D eigenvalue weighted by atomic mass is 10.2. The minimum Gasteiger partial charge on any atom is -0.497 e. The molecule has 0 heterocycles. The predicted octanol–water partition coefficient (Wildman–Crippen LogP) is 4.16. The van der Waals surface area contributed by atoms with Gasteiger partial charge in [0.15, 0.2) is 0 Å². The molecule has 0 aliphatic carbocycles. The van der Waals surface area contributed by atoms with Crippen molar-refractivity contribution in [3.05, 3.63) is 64.6 Å². The summed E-state index contributed by atoms with van der Waals surface area (Å²) in [4.78, 5) is 4.31. The number of benzene rings is 2. The van der Waals surface area contributed by atoms with Gasteiger partial charge in [-0.3, -0.25) is 0 Å². The maximum atomic E-state index is 5.87. The van der Waals surface area contributed by atoms with Crippen LogP contribution in [0.5, 0.6) is 5.75 Å². The minimum atomic E-state index is 0.461. The summed E-state index contributed by atoms with van der Waals surface area (Å²) in [6, 6.07) is 15.4. The summed E-state index contributed by atoms with van der Waals surface area (Å²) in [6.45, 7) is 0. The second-order valence-electron chi connectivity index (χ2n) is 4.12. The SMILES string of the molecule is COc1ccc(C=CC(N)=Nc2ccc(Br)cc2)cc1. The summed E-state index contributed by atoms with van der Waals surface area (Å²) in [7, 11) is 1.65. The van der Waals surface area contributed by atoms with Crippen molar-refractivity contribution in [1.29, 1.82) is 0 Å². The quantitative estimate of drug-likeness (QED) is 0.675. The van der Waals surface area contributed by atoms with Crippen LogP contribution in [0.1, 0.15) is 5.56 Å². The van der Waals surface area contributed by atoms with Crippen LogP contribution in [-0.2, 0) is 0 Å². The number of rotatable bonds is 4. The number of nitrogens with zero attached hydrogens (tertiary/aromatic N) is 1. The third-order valence-electron chi connectivity index (χ3n) is 2.65. The van der Waals surface area contributed by atoms with Crippen LogP contribution >= 0.6 is 15.9 Å². The van der Waals surface area contributed by atoms with E-state index in [0.29, 0.717) is 5.84 Å². The van der Waals surface area contributed by atoms with Crippen LogP contribution in [0.3, 0.4) is 0 Å². The molecule has 0 aliphatic heterocycles. The fourth-order valence-electron chi connectivity index (χ4n) is 1.60. The molecule has 20 heavy (non-hydrogen) atoms. The van der Waals surface area contributed by atoms with E-state index in [9.17, 15) is 0 Å². The molecular weight excluding hydrogens is 316 g/mol. The molecule has 0 unspecified atom stereocenters. The molecular formula is C16H15BrN2O. The number of ether oxygens (including phenoxy) is 1. The molecule has 2 N–H and O–H groups in total. The van der Waals surface area contributed by atoms with Gasteiger partial charge in [-0.15, -0.1) is 0 Å². The average molecular weight is 331 g/mol. The maximum absolute atomic E-state index is 5.87. The Morgan fingerprint density at radius 2 is 1.75 bits per heavy atom. The van der Waals surface area contributed by atoms with Crippen LogP contribution in [0, 0.1) is 0 Å². The largest absolute Gasteiger partial charge is 0.497 e. The first-order chi connectivity index (χ1) is 9.67. The molecule has 0 fully saturated rings. The van der Waals surface area contributed by atoms with E-state index in [0.717, 1.165) is 21.5 Å². The topological polar surface area (TPSA) is 47.6 Å². The summed E-state index contributed by atoms with van der Waals surface area (Å²) >= 11 is 3.38. The Balaban J connectivity index is 2.07. The molecule has 0 radical (unpaired) electrons. The second-order valence-corrected chi connectivity index (χ2v) is 5.04. The smallest absolute Gasteiger partial charge is 0.124 e. The van der Waals surface area contributed by atoms with Gasteiger partial charge in [0, 0.05) is 4.47 Å². The molecule has 0 bridgehead atoms. The maximum Gasteiger partial charge on any atom is 0.124 e. The van der Waals surface area contributed by atoms with Crippen LogP contribution in [0.15, 0.2) is 64.1 Å². The van der Waals surface area contributed by atoms with E-state index in [1.165, 1.54) is 0 Å². The highest BCUT2D eigenvalue weighted by molar-refractivity contribution is 9.10. The normalized spacial score (nSPS) is 11.8. The fourth-order valence-corrected chi connectivity index (χ4v) is 1.86. The first-order valence-electron chi connectivity index (χ1n) is 6.09. The molecule has 0 saturated heterocycles. The molecule has 0 aliphatic rings. The Bertz CT molecular complexity index is 616. The number of amidine groups is 1. The van der Waals surface area contributed by atoms with E-state index in [2.05, 4.69) is 20.9 Å². The zero-order valence-corrected chi connectivity index (χ0v) is 12.7. The van der Waals surface area contributed by atoms with E-state index in [1.807, 2.05) is 54.6 Å². The summed E-state index contributed by atoms with van der Waals surface area (Å²) in [5.74, 6) is 1.29. The predicted molar refractivity (Wildman–Crippen MR) is 87.5 cm³/mol. The van der Waals surface area contributed by atoms with Crippen molar-refractivity contribution < 1.29 is 4.74 Å². The van der Waals surface area contributed by atoms with Gasteiger partial charge >= 0.3 is 0 Å². The molecule has 0 atom stereocenters. The lowest BCUT2D eigenvalue weighted by Crippen LogP contribution is -2.06. The highest BCUT2D eigenvalue weighted by Gasteiger charge is 1.93. The molecule has 3 nitrogen and oxygen atoms in total. The lowest BCUT2D eigenvalue weighted by Gasteiger charge is -1.99. The van der Waals surface area contributed by atoms with Crippen molar-refractivity contribution in [2.75, 3.05) is 7.11 Å². The van der Waals surface area contributed by atoms with Crippen LogP contribution in [0.4, 0.5) is 5.69 Å². The Kier molecular flexibility index (Phi) is 4.96. The van der Waals surface area contributed by atoms with Gasteiger partial charge in [0.2, 0.25) is 0 Å². The molecule has 4 heteroatoms. The van der Waals surface area contributed by atoms with Crippen molar-refractivity contribution in [2.24, 2.45) is 10.7 Å². The van der Waals surface area contributed by atoms with Gasteiger partial charge in [-0.2, -0.15) is 0 Å². The van der Waals surface area contributed by atoms with Crippen LogP contribution in [0.2, 0.25) is 0 Å². The van der Waals surface area contributed by atoms with E-state index < -0.39 is 0 Å². The van der Waals surface area contributed by atoms with Crippen molar-refractivity contribution in [3.8, 4) is 5.75 Å². The molecule has 0 saturated carbocycles. The van der Waals surface area contributed by atoms with Crippen LogP contribution in [0.25, 0.3) is 6.08 Å². The molecule has 0 spiro atoms. The van der Waals surface area contributed by atoms with E-state index in [-0.39, 0.29) is 0 Å². The molecule has 2 aromatic rings.